The van der Waals surface area contributed by atoms with Crippen LogP contribution in [0.15, 0.2) is 47.3 Å². The van der Waals surface area contributed by atoms with Crippen LogP contribution in [0.4, 0.5) is 10.1 Å². The first-order valence-corrected chi connectivity index (χ1v) is 12.1. The average molecular weight is 492 g/mol. The SMILES string of the molecule is COCCn1nnnc1[C@H](c1cc2c(C)ccc(C)c2[nH]c1=O)N1CCN(c2ccc(F)cc2)CC1. The zero-order chi connectivity index (χ0) is 25.2. The number of H-pyrrole nitrogens is 1. The smallest absolute Gasteiger partial charge is 0.253 e. The number of nitrogens with zero attached hydrogens (tertiary/aromatic N) is 6. The van der Waals surface area contributed by atoms with E-state index < -0.39 is 6.04 Å². The molecule has 2 aromatic carbocycles. The fourth-order valence-electron chi connectivity index (χ4n) is 4.93. The van der Waals surface area contributed by atoms with Crippen molar-refractivity contribution in [3.05, 3.63) is 81.2 Å². The number of ether oxygens (including phenoxy) is 1. The lowest BCUT2D eigenvalue weighted by atomic mass is 9.99. The summed E-state index contributed by atoms with van der Waals surface area (Å²) in [5.74, 6) is 0.360. The lowest BCUT2D eigenvalue weighted by Crippen LogP contribution is -2.49. The van der Waals surface area contributed by atoms with E-state index in [2.05, 4.69) is 36.4 Å². The molecule has 0 spiro atoms. The van der Waals surface area contributed by atoms with E-state index in [0.717, 1.165) is 40.8 Å². The molecule has 3 heterocycles. The maximum Gasteiger partial charge on any atom is 0.253 e. The van der Waals surface area contributed by atoms with E-state index in [1.807, 2.05) is 26.0 Å². The van der Waals surface area contributed by atoms with Crippen LogP contribution < -0.4 is 10.5 Å². The van der Waals surface area contributed by atoms with Gasteiger partial charge in [-0.05, 0) is 65.7 Å². The molecule has 10 heteroatoms. The Morgan fingerprint density at radius 2 is 1.78 bits per heavy atom. The molecule has 1 N–H and O–H groups in total. The van der Waals surface area contributed by atoms with Gasteiger partial charge < -0.3 is 14.6 Å². The Labute approximate surface area is 208 Å². The van der Waals surface area contributed by atoms with Crippen molar-refractivity contribution in [2.75, 3.05) is 44.8 Å². The number of halogens is 1. The summed E-state index contributed by atoms with van der Waals surface area (Å²) in [5.41, 5.74) is 4.40. The van der Waals surface area contributed by atoms with Gasteiger partial charge in [0, 0.05) is 49.9 Å². The van der Waals surface area contributed by atoms with Gasteiger partial charge in [-0.2, -0.15) is 0 Å². The van der Waals surface area contributed by atoms with Crippen LogP contribution >= 0.6 is 0 Å². The van der Waals surface area contributed by atoms with E-state index in [4.69, 9.17) is 4.74 Å². The topological polar surface area (TPSA) is 92.2 Å². The zero-order valence-electron chi connectivity index (χ0n) is 20.7. The number of rotatable bonds is 7. The predicted octanol–water partition coefficient (Wildman–Crippen LogP) is 2.83. The molecule has 4 aromatic rings. The van der Waals surface area contributed by atoms with Crippen molar-refractivity contribution in [1.29, 1.82) is 0 Å². The molecule has 1 fully saturated rings. The van der Waals surface area contributed by atoms with Crippen molar-refractivity contribution in [2.45, 2.75) is 26.4 Å². The fraction of sp³-hybridized carbons (Fsp3) is 0.385. The van der Waals surface area contributed by atoms with Gasteiger partial charge >= 0.3 is 0 Å². The number of piperazine rings is 1. The highest BCUT2D eigenvalue weighted by atomic mass is 19.1. The van der Waals surface area contributed by atoms with E-state index in [1.165, 1.54) is 12.1 Å². The molecule has 1 atom stereocenters. The van der Waals surface area contributed by atoms with Crippen molar-refractivity contribution in [3.8, 4) is 0 Å². The van der Waals surface area contributed by atoms with Crippen molar-refractivity contribution in [2.24, 2.45) is 0 Å². The molecule has 2 aromatic heterocycles. The summed E-state index contributed by atoms with van der Waals surface area (Å²) in [6.07, 6.45) is 0. The normalized spacial score (nSPS) is 15.5. The fourth-order valence-corrected chi connectivity index (χ4v) is 4.93. The number of nitrogens with one attached hydrogen (secondary N) is 1. The Morgan fingerprint density at radius 1 is 1.06 bits per heavy atom. The summed E-state index contributed by atoms with van der Waals surface area (Å²) in [4.78, 5) is 21.1. The molecular weight excluding hydrogens is 461 g/mol. The molecule has 0 unspecified atom stereocenters. The quantitative estimate of drug-likeness (QED) is 0.425. The van der Waals surface area contributed by atoms with Crippen molar-refractivity contribution < 1.29 is 9.13 Å². The second-order valence-electron chi connectivity index (χ2n) is 9.20. The molecule has 1 aliphatic rings. The second kappa shape index (κ2) is 10.2. The first-order chi connectivity index (χ1) is 17.5. The number of aromatic amines is 1. The van der Waals surface area contributed by atoms with Crippen LogP contribution in [0.2, 0.25) is 0 Å². The number of methoxy groups -OCH3 is 1. The van der Waals surface area contributed by atoms with E-state index >= 15 is 0 Å². The van der Waals surface area contributed by atoms with Gasteiger partial charge in [0.2, 0.25) is 0 Å². The minimum atomic E-state index is -0.430. The van der Waals surface area contributed by atoms with Crippen molar-refractivity contribution in [1.82, 2.24) is 30.1 Å². The predicted molar refractivity (Wildman–Crippen MR) is 136 cm³/mol. The van der Waals surface area contributed by atoms with Gasteiger partial charge in [-0.1, -0.05) is 12.1 Å². The Hall–Kier alpha value is -3.63. The Kier molecular flexibility index (Phi) is 6.80. The third kappa shape index (κ3) is 4.61. The van der Waals surface area contributed by atoms with Crippen molar-refractivity contribution >= 4 is 16.6 Å². The Morgan fingerprint density at radius 3 is 2.50 bits per heavy atom. The number of aryl methyl sites for hydroxylation is 2. The van der Waals surface area contributed by atoms with Gasteiger partial charge in [-0.25, -0.2) is 9.07 Å². The summed E-state index contributed by atoms with van der Waals surface area (Å²) < 4.78 is 20.4. The molecule has 0 radical (unpaired) electrons. The van der Waals surface area contributed by atoms with Crippen molar-refractivity contribution in [3.63, 3.8) is 0 Å². The number of fused-ring (bicyclic) bond motifs is 1. The van der Waals surface area contributed by atoms with Crippen LogP contribution in [0.3, 0.4) is 0 Å². The number of hydrogen-bond donors (Lipinski definition) is 1. The summed E-state index contributed by atoms with van der Waals surface area (Å²) >= 11 is 0. The molecule has 1 saturated heterocycles. The molecule has 0 saturated carbocycles. The van der Waals surface area contributed by atoms with Gasteiger partial charge in [0.25, 0.3) is 5.56 Å². The van der Waals surface area contributed by atoms with Crippen LogP contribution in [0.25, 0.3) is 10.9 Å². The molecule has 9 nitrogen and oxygen atoms in total. The van der Waals surface area contributed by atoms with Crippen LogP contribution in [0, 0.1) is 19.7 Å². The molecule has 0 bridgehead atoms. The number of pyridine rings is 1. The maximum atomic E-state index is 13.5. The standard InChI is InChI=1S/C26H30FN7O2/c1-17-4-5-18(2)23-21(17)16-22(26(35)28-23)24(25-29-30-31-34(25)14-15-36-3)33-12-10-32(11-13-33)20-8-6-19(27)7-9-20/h4-9,16,24H,10-15H2,1-3H3,(H,28,35)/t24-/m0/s1. The largest absolute Gasteiger partial charge is 0.383 e. The summed E-state index contributed by atoms with van der Waals surface area (Å²) in [6.45, 7) is 7.80. The maximum absolute atomic E-state index is 13.5. The van der Waals surface area contributed by atoms with Crippen LogP contribution in [-0.4, -0.2) is 70.0 Å². The summed E-state index contributed by atoms with van der Waals surface area (Å²) in [5, 5.41) is 13.5. The lowest BCUT2D eigenvalue weighted by Gasteiger charge is -2.39. The molecule has 1 aliphatic heterocycles. The van der Waals surface area contributed by atoms with E-state index in [9.17, 15) is 9.18 Å². The molecule has 5 rings (SSSR count). The van der Waals surface area contributed by atoms with Gasteiger partial charge in [-0.15, -0.1) is 5.10 Å². The third-order valence-electron chi connectivity index (χ3n) is 6.95. The van der Waals surface area contributed by atoms with E-state index in [1.54, 1.807) is 23.9 Å². The van der Waals surface area contributed by atoms with Gasteiger partial charge in [0.15, 0.2) is 5.82 Å². The first kappa shape index (κ1) is 24.1. The number of benzene rings is 2. The van der Waals surface area contributed by atoms with Crippen LogP contribution in [0.1, 0.15) is 28.6 Å². The number of aromatic nitrogens is 5. The minimum Gasteiger partial charge on any atom is -0.383 e. The second-order valence-corrected chi connectivity index (χ2v) is 9.20. The Bertz CT molecular complexity index is 1410. The third-order valence-corrected chi connectivity index (χ3v) is 6.95. The first-order valence-electron chi connectivity index (χ1n) is 12.1. The number of hydrogen-bond acceptors (Lipinski definition) is 7. The molecule has 0 amide bonds. The summed E-state index contributed by atoms with van der Waals surface area (Å²) in [6, 6.07) is 12.2. The van der Waals surface area contributed by atoms with Gasteiger partial charge in [-0.3, -0.25) is 9.69 Å². The zero-order valence-corrected chi connectivity index (χ0v) is 20.7. The highest BCUT2D eigenvalue weighted by molar-refractivity contribution is 5.85. The van der Waals surface area contributed by atoms with Gasteiger partial charge in [0.05, 0.1) is 18.7 Å². The molecule has 36 heavy (non-hydrogen) atoms. The lowest BCUT2D eigenvalue weighted by molar-refractivity contribution is 0.171. The number of tetrazole rings is 1. The average Bonchev–Trinajstić information content (AvgIpc) is 3.35. The van der Waals surface area contributed by atoms with E-state index in [0.29, 0.717) is 37.6 Å². The van der Waals surface area contributed by atoms with Gasteiger partial charge in [0.1, 0.15) is 11.9 Å². The highest BCUT2D eigenvalue weighted by Gasteiger charge is 2.33. The number of anilines is 1. The highest BCUT2D eigenvalue weighted by Crippen LogP contribution is 2.30. The Balaban J connectivity index is 1.54. The van der Waals surface area contributed by atoms with E-state index in [-0.39, 0.29) is 11.4 Å². The molecule has 0 aliphatic carbocycles. The monoisotopic (exact) mass is 491 g/mol. The molecular formula is C26H30FN7O2. The summed E-state index contributed by atoms with van der Waals surface area (Å²) in [7, 11) is 1.63. The molecule has 188 valence electrons. The van der Waals surface area contributed by atoms with Crippen LogP contribution in [0.5, 0.6) is 0 Å². The minimum absolute atomic E-state index is 0.150. The van der Waals surface area contributed by atoms with Crippen LogP contribution in [-0.2, 0) is 11.3 Å².